The van der Waals surface area contributed by atoms with Crippen molar-refractivity contribution in [2.45, 2.75) is 53.1 Å². The first-order valence-electron chi connectivity index (χ1n) is 11.5. The Hall–Kier alpha value is -2.45. The average molecular weight is 443 g/mol. The number of aliphatic hydroxyl groups excluding tert-OH is 1. The van der Waals surface area contributed by atoms with Crippen LogP contribution in [0.25, 0.3) is 0 Å². The second kappa shape index (κ2) is 10.5. The SMILES string of the molecule is [2H]c1c([2H])c([2H])c(OP(=O)(N[C@@H](C)C(=O)OC(C)C)OCc2cnc(C)c(O)c2CO)c([2H])c1[2H]. The van der Waals surface area contributed by atoms with Crippen LogP contribution < -0.4 is 9.61 Å². The number of benzene rings is 1. The third-order valence-corrected chi connectivity index (χ3v) is 5.32. The second-order valence-corrected chi connectivity index (χ2v) is 8.20. The van der Waals surface area contributed by atoms with E-state index < -0.39 is 75.0 Å². The Morgan fingerprint density at radius 2 is 1.97 bits per heavy atom. The predicted octanol–water partition coefficient (Wildman–Crippen LogP) is 3.22. The summed E-state index contributed by atoms with van der Waals surface area (Å²) in [5, 5.41) is 22.1. The number of para-hydroxylation sites is 1. The molecule has 0 aliphatic heterocycles. The number of hydrogen-bond acceptors (Lipinski definition) is 8. The Bertz CT molecular complexity index is 1140. The topological polar surface area (TPSA) is 127 Å². The van der Waals surface area contributed by atoms with E-state index in [0.717, 1.165) is 0 Å². The van der Waals surface area contributed by atoms with Crippen molar-refractivity contribution < 1.29 is 40.2 Å². The number of rotatable bonds is 10. The Kier molecular flexibility index (Phi) is 6.06. The van der Waals surface area contributed by atoms with E-state index in [1.165, 1.54) is 20.0 Å². The quantitative estimate of drug-likeness (QED) is 0.375. The molecule has 0 saturated heterocycles. The molecule has 2 atom stereocenters. The smallest absolute Gasteiger partial charge is 0.459 e. The van der Waals surface area contributed by atoms with Crippen LogP contribution in [0.4, 0.5) is 0 Å². The number of nitrogens with one attached hydrogen (secondary N) is 1. The van der Waals surface area contributed by atoms with Crippen LogP contribution in [0.1, 0.15) is 44.4 Å². The highest BCUT2D eigenvalue weighted by Gasteiger charge is 2.33. The minimum atomic E-state index is -4.64. The van der Waals surface area contributed by atoms with Crippen molar-refractivity contribution in [1.29, 1.82) is 0 Å². The molecule has 9 nitrogen and oxygen atoms in total. The molecule has 1 heterocycles. The van der Waals surface area contributed by atoms with Gasteiger partial charge < -0.3 is 19.5 Å². The first kappa shape index (κ1) is 17.3. The molecular formula is C20H27N2O7P. The van der Waals surface area contributed by atoms with Crippen molar-refractivity contribution in [3.05, 3.63) is 53.2 Å². The molecule has 1 aromatic carbocycles. The zero-order valence-corrected chi connectivity index (χ0v) is 17.9. The van der Waals surface area contributed by atoms with Crippen molar-refractivity contribution in [3.63, 3.8) is 0 Å². The first-order valence-corrected chi connectivity index (χ1v) is 10.5. The lowest BCUT2D eigenvalue weighted by molar-refractivity contribution is -0.149. The lowest BCUT2D eigenvalue weighted by Crippen LogP contribution is -2.36. The van der Waals surface area contributed by atoms with Crippen molar-refractivity contribution in [2.75, 3.05) is 0 Å². The van der Waals surface area contributed by atoms with Crippen LogP contribution >= 0.6 is 7.75 Å². The summed E-state index contributed by atoms with van der Waals surface area (Å²) in [6.45, 7) is 4.90. The van der Waals surface area contributed by atoms with Gasteiger partial charge in [-0.3, -0.25) is 14.3 Å². The van der Waals surface area contributed by atoms with Gasteiger partial charge in [0.1, 0.15) is 17.5 Å². The zero-order chi connectivity index (χ0) is 26.7. The highest BCUT2D eigenvalue weighted by Crippen LogP contribution is 2.46. The number of hydrogen-bond donors (Lipinski definition) is 3. The highest BCUT2D eigenvalue weighted by atomic mass is 31.2. The molecule has 0 aliphatic carbocycles. The van der Waals surface area contributed by atoms with Crippen molar-refractivity contribution in [3.8, 4) is 11.5 Å². The van der Waals surface area contributed by atoms with E-state index in [1.54, 1.807) is 13.8 Å². The Morgan fingerprint density at radius 1 is 1.30 bits per heavy atom. The largest absolute Gasteiger partial charge is 0.506 e. The summed E-state index contributed by atoms with van der Waals surface area (Å²) in [7, 11) is -4.64. The number of aryl methyl sites for hydroxylation is 1. The molecule has 1 aromatic heterocycles. The molecule has 0 amide bonds. The third kappa shape index (κ3) is 6.53. The molecule has 30 heavy (non-hydrogen) atoms. The van der Waals surface area contributed by atoms with Gasteiger partial charge in [-0.15, -0.1) is 0 Å². The van der Waals surface area contributed by atoms with Crippen molar-refractivity contribution >= 4 is 13.7 Å². The minimum Gasteiger partial charge on any atom is -0.506 e. The van der Waals surface area contributed by atoms with Crippen LogP contribution in [0.3, 0.4) is 0 Å². The fourth-order valence-electron chi connectivity index (χ4n) is 2.26. The molecule has 0 spiro atoms. The standard InChI is InChI=1S/C20H27N2O7P/c1-13(2)28-20(25)15(4)22-30(26,29-17-8-6-5-7-9-17)27-12-16-10-21-14(3)19(24)18(16)11-23/h5-10,13,15,23-24H,11-12H2,1-4H3,(H,22,26)/t15-,30?/m0/s1/i5D,6D,7D,8D,9D. The summed E-state index contributed by atoms with van der Waals surface area (Å²) in [5.41, 5.74) is 0.429. The number of aromatic hydroxyl groups is 1. The van der Waals surface area contributed by atoms with Crippen LogP contribution in [0.2, 0.25) is 0 Å². The summed E-state index contributed by atoms with van der Waals surface area (Å²) in [6.07, 6.45) is 0.786. The summed E-state index contributed by atoms with van der Waals surface area (Å²) in [6, 6.07) is -4.94. The molecule has 0 radical (unpaired) electrons. The summed E-state index contributed by atoms with van der Waals surface area (Å²) < 4.78 is 68.8. The Morgan fingerprint density at radius 3 is 2.57 bits per heavy atom. The van der Waals surface area contributed by atoms with Gasteiger partial charge in [-0.2, -0.15) is 5.09 Å². The van der Waals surface area contributed by atoms with E-state index in [0.29, 0.717) is 0 Å². The molecule has 1 unspecified atom stereocenters. The van der Waals surface area contributed by atoms with Crippen molar-refractivity contribution in [1.82, 2.24) is 10.1 Å². The van der Waals surface area contributed by atoms with Crippen LogP contribution in [-0.4, -0.2) is 33.3 Å². The van der Waals surface area contributed by atoms with Crippen LogP contribution in [0.15, 0.2) is 36.4 Å². The summed E-state index contributed by atoms with van der Waals surface area (Å²) >= 11 is 0. The highest BCUT2D eigenvalue weighted by molar-refractivity contribution is 7.52. The number of aromatic nitrogens is 1. The first-order chi connectivity index (χ1) is 16.2. The number of esters is 1. The average Bonchev–Trinajstić information content (AvgIpc) is 2.79. The van der Waals surface area contributed by atoms with Gasteiger partial charge in [0.05, 0.1) is 31.9 Å². The molecule has 2 aromatic rings. The van der Waals surface area contributed by atoms with E-state index in [2.05, 4.69) is 10.1 Å². The molecule has 10 heteroatoms. The molecule has 0 saturated carbocycles. The molecule has 2 rings (SSSR count). The van der Waals surface area contributed by atoms with Crippen LogP contribution in [0, 0.1) is 6.92 Å². The van der Waals surface area contributed by atoms with E-state index in [-0.39, 0.29) is 22.6 Å². The maximum absolute atomic E-state index is 13.7. The predicted molar refractivity (Wildman–Crippen MR) is 110 cm³/mol. The molecule has 164 valence electrons. The zero-order valence-electron chi connectivity index (χ0n) is 22.0. The number of aliphatic hydroxyl groups is 1. The van der Waals surface area contributed by atoms with Gasteiger partial charge in [-0.05, 0) is 39.8 Å². The summed E-state index contributed by atoms with van der Waals surface area (Å²) in [4.78, 5) is 16.2. The lowest BCUT2D eigenvalue weighted by Gasteiger charge is -2.23. The third-order valence-electron chi connectivity index (χ3n) is 3.72. The fourth-order valence-corrected chi connectivity index (χ4v) is 3.66. The maximum atomic E-state index is 13.7. The van der Waals surface area contributed by atoms with E-state index in [1.807, 2.05) is 0 Å². The van der Waals surface area contributed by atoms with E-state index >= 15 is 0 Å². The number of carbonyl (C=O) groups is 1. The van der Waals surface area contributed by atoms with Gasteiger partial charge in [-0.1, -0.05) is 18.1 Å². The molecule has 3 N–H and O–H groups in total. The second-order valence-electron chi connectivity index (χ2n) is 6.51. The number of ether oxygens (including phenoxy) is 1. The molecule has 0 fully saturated rings. The van der Waals surface area contributed by atoms with Crippen LogP contribution in [-0.2, 0) is 31.8 Å². The van der Waals surface area contributed by atoms with Crippen LogP contribution in [0.5, 0.6) is 11.5 Å². The van der Waals surface area contributed by atoms with Gasteiger partial charge >= 0.3 is 13.7 Å². The molecule has 0 aliphatic rings. The fraction of sp³-hybridized carbons (Fsp3) is 0.400. The van der Waals surface area contributed by atoms with Gasteiger partial charge in [0.15, 0.2) is 0 Å². The van der Waals surface area contributed by atoms with Gasteiger partial charge in [0.2, 0.25) is 0 Å². The van der Waals surface area contributed by atoms with Gasteiger partial charge in [0, 0.05) is 17.3 Å². The number of carbonyl (C=O) groups excluding carboxylic acids is 1. The minimum absolute atomic E-state index is 0.0547. The summed E-state index contributed by atoms with van der Waals surface area (Å²) in [5.74, 6) is -1.86. The molecule has 0 bridgehead atoms. The van der Waals surface area contributed by atoms with Crippen molar-refractivity contribution in [2.24, 2.45) is 0 Å². The monoisotopic (exact) mass is 443 g/mol. The normalized spacial score (nSPS) is 16.5. The number of nitrogens with zero attached hydrogens (tertiary/aromatic N) is 1. The maximum Gasteiger partial charge on any atom is 0.459 e. The number of pyridine rings is 1. The van der Waals surface area contributed by atoms with Gasteiger partial charge in [-0.25, -0.2) is 4.57 Å². The Labute approximate surface area is 182 Å². The molecular weight excluding hydrogens is 411 g/mol. The van der Waals surface area contributed by atoms with E-state index in [9.17, 15) is 19.6 Å². The van der Waals surface area contributed by atoms with Gasteiger partial charge in [0.25, 0.3) is 0 Å². The Balaban J connectivity index is 2.47. The van der Waals surface area contributed by atoms with E-state index in [4.69, 9.17) is 20.6 Å². The lowest BCUT2D eigenvalue weighted by atomic mass is 10.1.